The van der Waals surface area contributed by atoms with Gasteiger partial charge in [0.25, 0.3) is 0 Å². The number of carbonyl (C=O) groups excluding carboxylic acids is 2. The highest BCUT2D eigenvalue weighted by Gasteiger charge is 2.27. The first-order valence-corrected chi connectivity index (χ1v) is 10.6. The number of hydrogen-bond acceptors (Lipinski definition) is 7. The molecule has 1 aromatic heterocycles. The molecule has 0 saturated heterocycles. The Bertz CT molecular complexity index is 817. The van der Waals surface area contributed by atoms with Gasteiger partial charge in [-0.25, -0.2) is 4.79 Å². The Balaban J connectivity index is 1.53. The van der Waals surface area contributed by atoms with E-state index in [0.29, 0.717) is 49.2 Å². The summed E-state index contributed by atoms with van der Waals surface area (Å²) in [6, 6.07) is 0. The number of fused-ring (bicyclic) bond motifs is 1. The second-order valence-electron chi connectivity index (χ2n) is 7.20. The molecule has 0 radical (unpaired) electrons. The van der Waals surface area contributed by atoms with Gasteiger partial charge in [0.15, 0.2) is 0 Å². The number of aliphatic hydroxyl groups is 2. The maximum Gasteiger partial charge on any atom is 0.407 e. The van der Waals surface area contributed by atoms with E-state index in [1.807, 2.05) is 12.2 Å². The lowest BCUT2D eigenvalue weighted by molar-refractivity contribution is -0.116. The highest BCUT2D eigenvalue weighted by Crippen LogP contribution is 2.40. The predicted octanol–water partition coefficient (Wildman–Crippen LogP) is 1.87. The zero-order valence-corrected chi connectivity index (χ0v) is 17.0. The molecule has 0 saturated carbocycles. The van der Waals surface area contributed by atoms with Crippen LogP contribution in [-0.2, 0) is 22.4 Å². The molecule has 29 heavy (non-hydrogen) atoms. The van der Waals surface area contributed by atoms with Crippen molar-refractivity contribution in [3.63, 3.8) is 0 Å². The molecule has 0 fully saturated rings. The monoisotopic (exact) mass is 421 g/mol. The number of nitrogen functional groups attached to an aromatic ring is 1. The van der Waals surface area contributed by atoms with Crippen molar-refractivity contribution in [2.75, 3.05) is 24.2 Å². The van der Waals surface area contributed by atoms with Crippen LogP contribution in [0.2, 0.25) is 0 Å². The van der Waals surface area contributed by atoms with Gasteiger partial charge in [0, 0.05) is 24.3 Å². The fourth-order valence-corrected chi connectivity index (χ4v) is 4.75. The van der Waals surface area contributed by atoms with Gasteiger partial charge in [0.2, 0.25) is 5.91 Å². The van der Waals surface area contributed by atoms with Crippen LogP contribution in [0.3, 0.4) is 0 Å². The van der Waals surface area contributed by atoms with Crippen LogP contribution in [0.5, 0.6) is 0 Å². The summed E-state index contributed by atoms with van der Waals surface area (Å²) in [4.78, 5) is 25.0. The number of thiophene rings is 1. The van der Waals surface area contributed by atoms with E-state index in [0.717, 1.165) is 16.0 Å². The van der Waals surface area contributed by atoms with E-state index in [1.54, 1.807) is 6.08 Å². The Morgan fingerprint density at radius 1 is 1.34 bits per heavy atom. The van der Waals surface area contributed by atoms with Crippen molar-refractivity contribution in [3.8, 4) is 0 Å². The van der Waals surface area contributed by atoms with Crippen LogP contribution in [0.1, 0.15) is 36.1 Å². The minimum atomic E-state index is -0.539. The second-order valence-corrected chi connectivity index (χ2v) is 8.30. The Labute approximate surface area is 173 Å². The molecule has 6 N–H and O–H groups in total. The van der Waals surface area contributed by atoms with Gasteiger partial charge in [-0.2, -0.15) is 0 Å². The normalized spacial score (nSPS) is 20.6. The summed E-state index contributed by atoms with van der Waals surface area (Å²) in [7, 11) is 0. The number of allylic oxidation sites excluding steroid dienone is 2. The number of anilines is 2. The molecule has 1 heterocycles. The first-order valence-electron chi connectivity index (χ1n) is 9.75. The standard InChI is InChI=1S/C20H27N3O5S/c21-18-15-6-5-14(28-20(27)22-8-9-24)11-16(15)29-19(18)23-17(26)7-4-12-2-1-3-13(25)10-12/h1-3,13-14,24-25H,4-11,21H2,(H,22,27)(H,23,26). The van der Waals surface area contributed by atoms with E-state index in [1.165, 1.54) is 11.3 Å². The largest absolute Gasteiger partial charge is 0.446 e. The van der Waals surface area contributed by atoms with Crippen LogP contribution >= 0.6 is 11.3 Å². The molecule has 1 aromatic rings. The fourth-order valence-electron chi connectivity index (χ4n) is 3.50. The van der Waals surface area contributed by atoms with Crippen LogP contribution in [0.4, 0.5) is 15.5 Å². The fraction of sp³-hybridized carbons (Fsp3) is 0.500. The van der Waals surface area contributed by atoms with Crippen molar-refractivity contribution in [2.24, 2.45) is 0 Å². The lowest BCUT2D eigenvalue weighted by atomic mass is 9.95. The van der Waals surface area contributed by atoms with Crippen molar-refractivity contribution in [1.29, 1.82) is 0 Å². The van der Waals surface area contributed by atoms with Gasteiger partial charge in [0.1, 0.15) is 11.1 Å². The third-order valence-electron chi connectivity index (χ3n) is 4.98. The lowest BCUT2D eigenvalue weighted by Crippen LogP contribution is -2.33. The van der Waals surface area contributed by atoms with Crippen molar-refractivity contribution in [1.82, 2.24) is 5.32 Å². The number of nitrogens with two attached hydrogens (primary N) is 1. The van der Waals surface area contributed by atoms with Crippen LogP contribution in [0.15, 0.2) is 23.8 Å². The molecule has 2 amide bonds. The van der Waals surface area contributed by atoms with Gasteiger partial charge in [0.05, 0.1) is 18.4 Å². The SMILES string of the molecule is Nc1c(NC(=O)CCC2=CC=CC(O)C2)sc2c1CCC(OC(=O)NCCO)C2. The van der Waals surface area contributed by atoms with Crippen molar-refractivity contribution < 1.29 is 24.5 Å². The predicted molar refractivity (Wildman–Crippen MR) is 112 cm³/mol. The Morgan fingerprint density at radius 3 is 2.93 bits per heavy atom. The van der Waals surface area contributed by atoms with Crippen molar-refractivity contribution in [2.45, 2.75) is 50.7 Å². The van der Waals surface area contributed by atoms with E-state index in [2.05, 4.69) is 10.6 Å². The van der Waals surface area contributed by atoms with Gasteiger partial charge in [-0.05, 0) is 31.2 Å². The first kappa shape index (κ1) is 21.4. The summed E-state index contributed by atoms with van der Waals surface area (Å²) in [6.45, 7) is 0.0219. The Morgan fingerprint density at radius 2 is 2.17 bits per heavy atom. The summed E-state index contributed by atoms with van der Waals surface area (Å²) in [5, 5.41) is 24.4. The number of hydrogen-bond donors (Lipinski definition) is 5. The molecule has 0 aliphatic heterocycles. The quantitative estimate of drug-likeness (QED) is 0.456. The highest BCUT2D eigenvalue weighted by molar-refractivity contribution is 7.17. The van der Waals surface area contributed by atoms with Gasteiger partial charge in [-0.15, -0.1) is 11.3 Å². The van der Waals surface area contributed by atoms with Crippen molar-refractivity contribution >= 4 is 34.0 Å². The molecule has 158 valence electrons. The Kier molecular flexibility index (Phi) is 7.29. The molecule has 3 rings (SSSR count). The summed E-state index contributed by atoms with van der Waals surface area (Å²) >= 11 is 1.43. The van der Waals surface area contributed by atoms with E-state index in [9.17, 15) is 14.7 Å². The molecular formula is C20H27N3O5S. The van der Waals surface area contributed by atoms with Crippen LogP contribution in [-0.4, -0.2) is 47.6 Å². The van der Waals surface area contributed by atoms with Crippen molar-refractivity contribution in [3.05, 3.63) is 34.2 Å². The highest BCUT2D eigenvalue weighted by atomic mass is 32.1. The third kappa shape index (κ3) is 5.81. The summed E-state index contributed by atoms with van der Waals surface area (Å²) in [6.07, 6.45) is 7.61. The molecule has 9 heteroatoms. The number of nitrogens with one attached hydrogen (secondary N) is 2. The van der Waals surface area contributed by atoms with Gasteiger partial charge in [-0.3, -0.25) is 4.79 Å². The van der Waals surface area contributed by atoms with Gasteiger partial charge >= 0.3 is 6.09 Å². The molecule has 8 nitrogen and oxygen atoms in total. The van der Waals surface area contributed by atoms with Crippen LogP contribution in [0.25, 0.3) is 0 Å². The minimum Gasteiger partial charge on any atom is -0.446 e. The number of ether oxygens (including phenoxy) is 1. The van der Waals surface area contributed by atoms with Crippen LogP contribution in [0, 0.1) is 0 Å². The number of rotatable bonds is 7. The summed E-state index contributed by atoms with van der Waals surface area (Å²) in [5.41, 5.74) is 8.90. The molecule has 2 aliphatic rings. The minimum absolute atomic E-state index is 0.114. The number of aliphatic hydroxyl groups excluding tert-OH is 2. The average Bonchev–Trinajstić information content (AvgIpc) is 2.99. The smallest absolute Gasteiger partial charge is 0.407 e. The maximum atomic E-state index is 12.3. The molecule has 2 aliphatic carbocycles. The second kappa shape index (κ2) is 9.91. The maximum absolute atomic E-state index is 12.3. The number of carbonyl (C=O) groups is 2. The molecule has 2 atom stereocenters. The van der Waals surface area contributed by atoms with E-state index in [4.69, 9.17) is 15.6 Å². The zero-order chi connectivity index (χ0) is 20.8. The first-order chi connectivity index (χ1) is 14.0. The number of amides is 2. The van der Waals surface area contributed by atoms with Crippen LogP contribution < -0.4 is 16.4 Å². The number of alkyl carbamates (subject to hydrolysis) is 1. The Hall–Kier alpha value is -2.36. The third-order valence-corrected chi connectivity index (χ3v) is 6.16. The molecule has 0 aromatic carbocycles. The van der Waals surface area contributed by atoms with E-state index >= 15 is 0 Å². The molecule has 0 bridgehead atoms. The molecule has 0 spiro atoms. The van der Waals surface area contributed by atoms with E-state index < -0.39 is 12.2 Å². The lowest BCUT2D eigenvalue weighted by Gasteiger charge is -2.22. The molecule has 2 unspecified atom stereocenters. The zero-order valence-electron chi connectivity index (χ0n) is 16.1. The topological polar surface area (TPSA) is 134 Å². The van der Waals surface area contributed by atoms with Gasteiger partial charge < -0.3 is 31.3 Å². The van der Waals surface area contributed by atoms with Gasteiger partial charge in [-0.1, -0.05) is 23.8 Å². The molecular weight excluding hydrogens is 394 g/mol. The summed E-state index contributed by atoms with van der Waals surface area (Å²) in [5.74, 6) is -0.114. The van der Waals surface area contributed by atoms with E-state index in [-0.39, 0.29) is 25.2 Å². The summed E-state index contributed by atoms with van der Waals surface area (Å²) < 4.78 is 5.38. The average molecular weight is 422 g/mol.